The third-order valence-electron chi connectivity index (χ3n) is 7.58. The molecule has 3 heterocycles. The van der Waals surface area contributed by atoms with Gasteiger partial charge in [-0.3, -0.25) is 14.9 Å². The second-order valence-electron chi connectivity index (χ2n) is 11.3. The van der Waals surface area contributed by atoms with E-state index in [-0.39, 0.29) is 11.5 Å². The Labute approximate surface area is 230 Å². The van der Waals surface area contributed by atoms with E-state index in [1.54, 1.807) is 32.2 Å². The van der Waals surface area contributed by atoms with E-state index in [1.165, 1.54) is 18.3 Å². The van der Waals surface area contributed by atoms with Crippen LogP contribution in [0, 0.1) is 12.8 Å². The zero-order valence-corrected chi connectivity index (χ0v) is 22.6. The molecule has 3 atom stereocenters. The maximum Gasteiger partial charge on any atom is 0.416 e. The minimum Gasteiger partial charge on any atom is -0.390 e. The van der Waals surface area contributed by atoms with Crippen LogP contribution in [0.3, 0.4) is 0 Å². The van der Waals surface area contributed by atoms with Crippen molar-refractivity contribution in [3.63, 3.8) is 0 Å². The Balaban J connectivity index is 1.45. The van der Waals surface area contributed by atoms with Crippen molar-refractivity contribution in [3.8, 4) is 11.3 Å². The van der Waals surface area contributed by atoms with Crippen LogP contribution >= 0.6 is 0 Å². The molecule has 0 spiro atoms. The number of pyridine rings is 2. The summed E-state index contributed by atoms with van der Waals surface area (Å²) in [5.41, 5.74) is 1.62. The van der Waals surface area contributed by atoms with E-state index in [0.717, 1.165) is 17.3 Å². The Bertz CT molecular complexity index is 1530. The molecule has 210 valence electrons. The van der Waals surface area contributed by atoms with Crippen molar-refractivity contribution in [3.05, 3.63) is 77.2 Å². The highest BCUT2D eigenvalue weighted by Crippen LogP contribution is 2.44. The van der Waals surface area contributed by atoms with Gasteiger partial charge < -0.3 is 10.4 Å². The second-order valence-corrected chi connectivity index (χ2v) is 11.3. The summed E-state index contributed by atoms with van der Waals surface area (Å²) in [6.07, 6.45) is 0.671. The van der Waals surface area contributed by atoms with Crippen molar-refractivity contribution >= 4 is 16.9 Å². The molecule has 1 aromatic carbocycles. The third kappa shape index (κ3) is 6.01. The number of hydrogen-bond acceptors (Lipinski definition) is 5. The molecule has 0 aliphatic heterocycles. The summed E-state index contributed by atoms with van der Waals surface area (Å²) < 4.78 is 42.0. The van der Waals surface area contributed by atoms with Gasteiger partial charge in [0, 0.05) is 41.0 Å². The number of carbonyl (C=O) groups is 1. The lowest BCUT2D eigenvalue weighted by atomic mass is 9.71. The molecule has 1 aliphatic carbocycles. The Morgan fingerprint density at radius 1 is 1.12 bits per heavy atom. The van der Waals surface area contributed by atoms with Crippen LogP contribution in [0.2, 0.25) is 0 Å². The number of halogens is 3. The van der Waals surface area contributed by atoms with E-state index < -0.39 is 35.2 Å². The van der Waals surface area contributed by atoms with Crippen molar-refractivity contribution in [2.75, 3.05) is 0 Å². The van der Waals surface area contributed by atoms with E-state index in [2.05, 4.69) is 25.5 Å². The maximum absolute atomic E-state index is 14.0. The number of hydrogen-bond donors (Lipinski definition) is 3. The van der Waals surface area contributed by atoms with E-state index in [0.29, 0.717) is 48.0 Å². The molecule has 1 amide bonds. The second kappa shape index (κ2) is 10.6. The maximum atomic E-state index is 14.0. The summed E-state index contributed by atoms with van der Waals surface area (Å²) in [6.45, 7) is 5.29. The molecule has 1 fully saturated rings. The number of aromatic amines is 1. The summed E-state index contributed by atoms with van der Waals surface area (Å²) in [7, 11) is 0. The fraction of sp³-hybridized carbons (Fsp3) is 0.400. The van der Waals surface area contributed by atoms with Gasteiger partial charge in [0.2, 0.25) is 0 Å². The fourth-order valence-corrected chi connectivity index (χ4v) is 5.94. The molecule has 0 saturated heterocycles. The fourth-order valence-electron chi connectivity index (χ4n) is 5.94. The number of fused-ring (bicyclic) bond motifs is 1. The highest BCUT2D eigenvalue weighted by atomic mass is 19.4. The molecular weight excluding hydrogens is 519 g/mol. The Morgan fingerprint density at radius 3 is 2.62 bits per heavy atom. The highest BCUT2D eigenvalue weighted by Gasteiger charge is 2.40. The number of aryl methyl sites for hydroxylation is 1. The van der Waals surface area contributed by atoms with Crippen LogP contribution in [-0.2, 0) is 6.18 Å². The summed E-state index contributed by atoms with van der Waals surface area (Å²) >= 11 is 0. The van der Waals surface area contributed by atoms with Crippen molar-refractivity contribution in [1.82, 2.24) is 25.5 Å². The van der Waals surface area contributed by atoms with Crippen LogP contribution in [-0.4, -0.2) is 42.8 Å². The van der Waals surface area contributed by atoms with Gasteiger partial charge in [-0.25, -0.2) is 4.98 Å². The predicted octanol–water partition coefficient (Wildman–Crippen LogP) is 6.19. The molecular formula is C30H32F3N5O2. The molecule has 5 rings (SSSR count). The van der Waals surface area contributed by atoms with E-state index in [9.17, 15) is 23.1 Å². The van der Waals surface area contributed by atoms with Gasteiger partial charge in [-0.15, -0.1) is 0 Å². The smallest absolute Gasteiger partial charge is 0.390 e. The number of aromatic nitrogens is 4. The van der Waals surface area contributed by atoms with Gasteiger partial charge >= 0.3 is 6.18 Å². The first-order valence-corrected chi connectivity index (χ1v) is 13.4. The number of carbonyl (C=O) groups excluding carboxylic acids is 1. The minimum absolute atomic E-state index is 0.0229. The SMILES string of the molecule is Cc1cc(-c2n[nH]c3ncc(C(=O)N[C@H]4CCC(CC(C)(C)O)C[C@@H]4c4ccccc4C(F)(F)F)cc23)ccn1. The Kier molecular flexibility index (Phi) is 7.39. The van der Waals surface area contributed by atoms with Gasteiger partial charge in [-0.2, -0.15) is 18.3 Å². The van der Waals surface area contributed by atoms with Crippen molar-refractivity contribution in [2.45, 2.75) is 70.2 Å². The molecule has 3 aromatic heterocycles. The van der Waals surface area contributed by atoms with Crippen LogP contribution < -0.4 is 5.32 Å². The normalized spacial score (nSPS) is 20.0. The van der Waals surface area contributed by atoms with Gasteiger partial charge in [0.05, 0.1) is 16.7 Å². The van der Waals surface area contributed by atoms with Gasteiger partial charge in [-0.1, -0.05) is 18.2 Å². The average Bonchev–Trinajstić information content (AvgIpc) is 3.31. The molecule has 0 radical (unpaired) electrons. The lowest BCUT2D eigenvalue weighted by Crippen LogP contribution is -2.44. The molecule has 7 nitrogen and oxygen atoms in total. The molecule has 3 N–H and O–H groups in total. The molecule has 1 aliphatic rings. The molecule has 1 unspecified atom stereocenters. The van der Waals surface area contributed by atoms with Crippen LogP contribution in [0.4, 0.5) is 13.2 Å². The standard InChI is InChI=1S/C30H32F3N5O2/c1-17-12-19(10-11-34-17)26-23-14-20(16-35-27(23)38-37-26)28(39)36-25-9-8-18(15-29(2,3)40)13-22(25)21-6-4-5-7-24(21)30(31,32)33/h4-7,10-12,14,16,18,22,25,40H,8-9,13,15H2,1-3H3,(H,36,39)(H,35,37,38)/t18?,22-,25+/m1/s1. The average molecular weight is 552 g/mol. The molecule has 0 bridgehead atoms. The summed E-state index contributed by atoms with van der Waals surface area (Å²) in [5, 5.41) is 21.3. The van der Waals surface area contributed by atoms with Crippen LogP contribution in [0.1, 0.15) is 72.6 Å². The van der Waals surface area contributed by atoms with Gasteiger partial charge in [0.15, 0.2) is 5.65 Å². The number of alkyl halides is 3. The number of H-pyrrole nitrogens is 1. The van der Waals surface area contributed by atoms with Gasteiger partial charge in [0.1, 0.15) is 5.69 Å². The molecule has 10 heteroatoms. The Morgan fingerprint density at radius 2 is 1.90 bits per heavy atom. The van der Waals surface area contributed by atoms with Crippen LogP contribution in [0.15, 0.2) is 54.9 Å². The van der Waals surface area contributed by atoms with Crippen molar-refractivity contribution in [1.29, 1.82) is 0 Å². The quantitative estimate of drug-likeness (QED) is 0.265. The molecule has 1 saturated carbocycles. The monoisotopic (exact) mass is 551 g/mol. The minimum atomic E-state index is -4.52. The number of nitrogens with one attached hydrogen (secondary N) is 2. The summed E-state index contributed by atoms with van der Waals surface area (Å²) in [4.78, 5) is 22.1. The number of nitrogens with zero attached hydrogens (tertiary/aromatic N) is 3. The van der Waals surface area contributed by atoms with Crippen LogP contribution in [0.5, 0.6) is 0 Å². The first kappa shape index (κ1) is 27.8. The van der Waals surface area contributed by atoms with E-state index in [1.807, 2.05) is 19.1 Å². The topological polar surface area (TPSA) is 104 Å². The zero-order chi connectivity index (χ0) is 28.7. The largest absolute Gasteiger partial charge is 0.416 e. The third-order valence-corrected chi connectivity index (χ3v) is 7.58. The summed E-state index contributed by atoms with van der Waals surface area (Å²) in [6, 6.07) is 10.5. The van der Waals surface area contributed by atoms with Gasteiger partial charge in [0.25, 0.3) is 5.91 Å². The lowest BCUT2D eigenvalue weighted by molar-refractivity contribution is -0.138. The zero-order valence-electron chi connectivity index (χ0n) is 22.6. The summed E-state index contributed by atoms with van der Waals surface area (Å²) in [5.74, 6) is -0.952. The number of aliphatic hydroxyl groups is 1. The lowest BCUT2D eigenvalue weighted by Gasteiger charge is -2.39. The first-order valence-electron chi connectivity index (χ1n) is 13.4. The van der Waals surface area contributed by atoms with E-state index in [4.69, 9.17) is 0 Å². The molecule has 40 heavy (non-hydrogen) atoms. The van der Waals surface area contributed by atoms with Crippen molar-refractivity contribution < 1.29 is 23.1 Å². The highest BCUT2D eigenvalue weighted by molar-refractivity contribution is 6.00. The van der Waals surface area contributed by atoms with Crippen molar-refractivity contribution in [2.24, 2.45) is 5.92 Å². The van der Waals surface area contributed by atoms with Crippen LogP contribution in [0.25, 0.3) is 22.3 Å². The number of amides is 1. The molecule has 4 aromatic rings. The predicted molar refractivity (Wildman–Crippen MR) is 146 cm³/mol. The number of benzene rings is 1. The first-order chi connectivity index (χ1) is 18.9. The number of rotatable bonds is 6. The Hall–Kier alpha value is -3.79. The van der Waals surface area contributed by atoms with Gasteiger partial charge in [-0.05, 0) is 82.2 Å². The van der Waals surface area contributed by atoms with E-state index >= 15 is 0 Å².